The molecule has 1 aromatic carbocycles. The summed E-state index contributed by atoms with van der Waals surface area (Å²) < 4.78 is 8.29. The third-order valence-electron chi connectivity index (χ3n) is 2.84. The van der Waals surface area contributed by atoms with E-state index in [9.17, 15) is 0 Å². The molecular formula is C15H13BrN2O. The van der Waals surface area contributed by atoms with Gasteiger partial charge in [0.25, 0.3) is 0 Å². The van der Waals surface area contributed by atoms with Crippen LogP contribution in [0.1, 0.15) is 5.76 Å². The largest absolute Gasteiger partial charge is 0.452 e. The molecule has 0 fully saturated rings. The number of rotatable bonds is 4. The molecule has 0 aliphatic heterocycles. The van der Waals surface area contributed by atoms with E-state index < -0.39 is 0 Å². The molecule has 3 nitrogen and oxygen atoms in total. The number of hydrogen-bond acceptors (Lipinski definition) is 2. The van der Waals surface area contributed by atoms with Crippen molar-refractivity contribution >= 4 is 21.6 Å². The smallest absolute Gasteiger partial charge is 0.169 e. The van der Waals surface area contributed by atoms with E-state index in [0.29, 0.717) is 6.54 Å². The van der Waals surface area contributed by atoms with Crippen molar-refractivity contribution in [1.82, 2.24) is 4.57 Å². The Labute approximate surface area is 120 Å². The first-order valence-electron chi connectivity index (χ1n) is 6.03. The Bertz CT molecular complexity index is 658. The second-order valence-electron chi connectivity index (χ2n) is 4.20. The fourth-order valence-electron chi connectivity index (χ4n) is 1.92. The summed E-state index contributed by atoms with van der Waals surface area (Å²) in [4.78, 5) is 0. The fourth-order valence-corrected chi connectivity index (χ4v) is 2.26. The van der Waals surface area contributed by atoms with E-state index >= 15 is 0 Å². The summed E-state index contributed by atoms with van der Waals surface area (Å²) in [6, 6.07) is 16.1. The van der Waals surface area contributed by atoms with Crippen molar-refractivity contribution in [2.45, 2.75) is 6.54 Å². The van der Waals surface area contributed by atoms with E-state index in [1.54, 1.807) is 0 Å². The summed E-state index contributed by atoms with van der Waals surface area (Å²) >= 11 is 3.30. The normalized spacial score (nSPS) is 10.6. The van der Waals surface area contributed by atoms with Crippen LogP contribution in [0.4, 0.5) is 5.69 Å². The predicted molar refractivity (Wildman–Crippen MR) is 79.5 cm³/mol. The maximum absolute atomic E-state index is 5.46. The fraction of sp³-hybridized carbons (Fsp3) is 0.0667. The number of anilines is 1. The SMILES string of the molecule is Brc1ccc(CNc2cccc(-n3cccc3)c2)o1. The highest BCUT2D eigenvalue weighted by atomic mass is 79.9. The van der Waals surface area contributed by atoms with Gasteiger partial charge in [0.05, 0.1) is 6.54 Å². The zero-order valence-electron chi connectivity index (χ0n) is 10.2. The lowest BCUT2D eigenvalue weighted by Gasteiger charge is -2.08. The molecule has 0 spiro atoms. The van der Waals surface area contributed by atoms with Gasteiger partial charge < -0.3 is 14.3 Å². The number of halogens is 1. The molecule has 0 bridgehead atoms. The van der Waals surface area contributed by atoms with Gasteiger partial charge in [0.15, 0.2) is 4.67 Å². The van der Waals surface area contributed by atoms with Crippen molar-refractivity contribution in [1.29, 1.82) is 0 Å². The summed E-state index contributed by atoms with van der Waals surface area (Å²) in [6.45, 7) is 0.667. The molecule has 2 heterocycles. The highest BCUT2D eigenvalue weighted by Crippen LogP contribution is 2.18. The minimum absolute atomic E-state index is 0.667. The van der Waals surface area contributed by atoms with Crippen LogP contribution >= 0.6 is 15.9 Å². The van der Waals surface area contributed by atoms with E-state index in [4.69, 9.17) is 4.42 Å². The summed E-state index contributed by atoms with van der Waals surface area (Å²) in [5.41, 5.74) is 2.20. The van der Waals surface area contributed by atoms with Crippen LogP contribution in [0.5, 0.6) is 0 Å². The third-order valence-corrected chi connectivity index (χ3v) is 3.27. The monoisotopic (exact) mass is 316 g/mol. The van der Waals surface area contributed by atoms with Crippen LogP contribution < -0.4 is 5.32 Å². The second kappa shape index (κ2) is 5.36. The Kier molecular flexibility index (Phi) is 3.42. The zero-order valence-corrected chi connectivity index (χ0v) is 11.8. The average molecular weight is 317 g/mol. The van der Waals surface area contributed by atoms with Gasteiger partial charge in [0.1, 0.15) is 5.76 Å². The van der Waals surface area contributed by atoms with Gasteiger partial charge in [-0.25, -0.2) is 0 Å². The number of benzene rings is 1. The highest BCUT2D eigenvalue weighted by molar-refractivity contribution is 9.10. The molecule has 1 N–H and O–H groups in total. The minimum atomic E-state index is 0.667. The van der Waals surface area contributed by atoms with Gasteiger partial charge in [0, 0.05) is 23.8 Å². The van der Waals surface area contributed by atoms with Crippen molar-refractivity contribution in [3.8, 4) is 5.69 Å². The average Bonchev–Trinajstić information content (AvgIpc) is 3.08. The Hall–Kier alpha value is -1.94. The number of furan rings is 1. The standard InChI is InChI=1S/C15H13BrN2O/c16-15-7-6-14(19-15)11-17-12-4-3-5-13(10-12)18-8-1-2-9-18/h1-10,17H,11H2. The lowest BCUT2D eigenvalue weighted by molar-refractivity contribution is 0.495. The predicted octanol–water partition coefficient (Wildman–Crippen LogP) is 4.44. The van der Waals surface area contributed by atoms with Gasteiger partial charge in [-0.05, 0) is 58.4 Å². The summed E-state index contributed by atoms with van der Waals surface area (Å²) in [5, 5.41) is 3.35. The Morgan fingerprint density at radius 3 is 2.63 bits per heavy atom. The molecule has 0 amide bonds. The number of hydrogen-bond donors (Lipinski definition) is 1. The van der Waals surface area contributed by atoms with Gasteiger partial charge in [-0.1, -0.05) is 6.07 Å². The Morgan fingerprint density at radius 2 is 1.89 bits per heavy atom. The van der Waals surface area contributed by atoms with Gasteiger partial charge in [-0.3, -0.25) is 0 Å². The molecule has 19 heavy (non-hydrogen) atoms. The number of aromatic nitrogens is 1. The molecule has 0 radical (unpaired) electrons. The molecule has 0 aliphatic rings. The number of nitrogens with one attached hydrogen (secondary N) is 1. The van der Waals surface area contributed by atoms with Crippen LogP contribution in [0, 0.1) is 0 Å². The van der Waals surface area contributed by atoms with E-state index in [0.717, 1.165) is 21.8 Å². The van der Waals surface area contributed by atoms with Crippen molar-refractivity contribution in [3.05, 3.63) is 71.4 Å². The van der Waals surface area contributed by atoms with Gasteiger partial charge in [-0.15, -0.1) is 0 Å². The van der Waals surface area contributed by atoms with Crippen LogP contribution in [0.25, 0.3) is 5.69 Å². The van der Waals surface area contributed by atoms with Crippen molar-refractivity contribution in [2.24, 2.45) is 0 Å². The number of nitrogens with zero attached hydrogens (tertiary/aromatic N) is 1. The third kappa shape index (κ3) is 2.90. The summed E-state index contributed by atoms with van der Waals surface area (Å²) in [5.74, 6) is 0.901. The first-order valence-corrected chi connectivity index (χ1v) is 6.82. The molecule has 0 saturated heterocycles. The van der Waals surface area contributed by atoms with Crippen LogP contribution in [0.2, 0.25) is 0 Å². The van der Waals surface area contributed by atoms with Crippen LogP contribution in [0.3, 0.4) is 0 Å². The molecule has 0 atom stereocenters. The van der Waals surface area contributed by atoms with E-state index in [2.05, 4.69) is 37.9 Å². The van der Waals surface area contributed by atoms with E-state index in [-0.39, 0.29) is 0 Å². The van der Waals surface area contributed by atoms with Crippen LogP contribution in [-0.2, 0) is 6.54 Å². The molecule has 3 aromatic rings. The van der Waals surface area contributed by atoms with Gasteiger partial charge in [0.2, 0.25) is 0 Å². The molecule has 0 unspecified atom stereocenters. The van der Waals surface area contributed by atoms with E-state index in [1.807, 2.05) is 48.8 Å². The van der Waals surface area contributed by atoms with Crippen LogP contribution in [-0.4, -0.2) is 4.57 Å². The first kappa shape index (κ1) is 12.1. The van der Waals surface area contributed by atoms with Crippen molar-refractivity contribution in [2.75, 3.05) is 5.32 Å². The van der Waals surface area contributed by atoms with Crippen molar-refractivity contribution < 1.29 is 4.42 Å². The quantitative estimate of drug-likeness (QED) is 0.771. The topological polar surface area (TPSA) is 30.1 Å². The second-order valence-corrected chi connectivity index (χ2v) is 4.98. The van der Waals surface area contributed by atoms with E-state index in [1.165, 1.54) is 0 Å². The first-order chi connectivity index (χ1) is 9.31. The molecular weight excluding hydrogens is 304 g/mol. The summed E-state index contributed by atoms with van der Waals surface area (Å²) in [6.07, 6.45) is 4.06. The molecule has 96 valence electrons. The minimum Gasteiger partial charge on any atom is -0.452 e. The van der Waals surface area contributed by atoms with Gasteiger partial charge in [-0.2, -0.15) is 0 Å². The molecule has 0 aliphatic carbocycles. The van der Waals surface area contributed by atoms with Crippen molar-refractivity contribution in [3.63, 3.8) is 0 Å². The highest BCUT2D eigenvalue weighted by Gasteiger charge is 2.01. The Morgan fingerprint density at radius 1 is 1.05 bits per heavy atom. The molecule has 2 aromatic heterocycles. The van der Waals surface area contributed by atoms with Crippen LogP contribution in [0.15, 0.2) is 70.0 Å². The Balaban J connectivity index is 1.73. The maximum atomic E-state index is 5.46. The van der Waals surface area contributed by atoms with Gasteiger partial charge >= 0.3 is 0 Å². The molecule has 4 heteroatoms. The molecule has 0 saturated carbocycles. The lowest BCUT2D eigenvalue weighted by Crippen LogP contribution is -1.99. The molecule has 3 rings (SSSR count). The summed E-state index contributed by atoms with van der Waals surface area (Å²) in [7, 11) is 0. The zero-order chi connectivity index (χ0) is 13.1. The maximum Gasteiger partial charge on any atom is 0.169 e. The lowest BCUT2D eigenvalue weighted by atomic mass is 10.2.